The summed E-state index contributed by atoms with van der Waals surface area (Å²) in [7, 11) is 0. The van der Waals surface area contributed by atoms with E-state index in [1.165, 1.54) is 0 Å². The van der Waals surface area contributed by atoms with Crippen LogP contribution in [-0.2, 0) is 4.74 Å². The number of aliphatic hydroxyl groups is 1. The molecule has 0 aliphatic heterocycles. The van der Waals surface area contributed by atoms with Crippen molar-refractivity contribution in [2.45, 2.75) is 64.9 Å². The molecule has 0 rings (SSSR count). The fourth-order valence-corrected chi connectivity index (χ4v) is 1.43. The lowest BCUT2D eigenvalue weighted by Crippen LogP contribution is -2.38. The summed E-state index contributed by atoms with van der Waals surface area (Å²) in [6.07, 6.45) is 3.89. The number of nitrogens with two attached hydrogens (primary N) is 1. The van der Waals surface area contributed by atoms with Gasteiger partial charge in [-0.2, -0.15) is 0 Å². The van der Waals surface area contributed by atoms with Gasteiger partial charge < -0.3 is 15.6 Å². The van der Waals surface area contributed by atoms with E-state index in [2.05, 4.69) is 6.92 Å². The minimum atomic E-state index is -1.00. The zero-order valence-electron chi connectivity index (χ0n) is 9.05. The van der Waals surface area contributed by atoms with Crippen molar-refractivity contribution in [3.63, 3.8) is 0 Å². The van der Waals surface area contributed by atoms with Crippen LogP contribution in [-0.4, -0.2) is 17.1 Å². The molecular formula is C10H23NO2. The molecule has 0 aliphatic rings. The number of ether oxygens (including phenoxy) is 1. The third kappa shape index (κ3) is 6.02. The molecule has 0 bridgehead atoms. The fourth-order valence-electron chi connectivity index (χ4n) is 1.43. The van der Waals surface area contributed by atoms with Crippen LogP contribution in [0.2, 0.25) is 0 Å². The molecule has 0 radical (unpaired) electrons. The molecule has 0 aromatic heterocycles. The quantitative estimate of drug-likeness (QED) is 0.602. The topological polar surface area (TPSA) is 55.5 Å². The molecule has 0 fully saturated rings. The Hall–Kier alpha value is -0.120. The lowest BCUT2D eigenvalue weighted by molar-refractivity contribution is -0.233. The standard InChI is InChI=1S/C10H23NO2/c1-4-6-8-10(12,7-5-2)13-9(3)11/h9,12H,4-8,11H2,1-3H3. The Labute approximate surface area is 81.3 Å². The summed E-state index contributed by atoms with van der Waals surface area (Å²) in [5.74, 6) is -1.00. The third-order valence-electron chi connectivity index (χ3n) is 1.97. The van der Waals surface area contributed by atoms with Gasteiger partial charge in [0.1, 0.15) is 6.23 Å². The minimum Gasteiger partial charge on any atom is -0.365 e. The molecule has 0 amide bonds. The predicted molar refractivity (Wildman–Crippen MR) is 54.1 cm³/mol. The lowest BCUT2D eigenvalue weighted by atomic mass is 10.0. The molecule has 0 aromatic rings. The van der Waals surface area contributed by atoms with Crippen LogP contribution in [0.5, 0.6) is 0 Å². The van der Waals surface area contributed by atoms with Crippen molar-refractivity contribution < 1.29 is 9.84 Å². The molecule has 2 unspecified atom stereocenters. The molecule has 0 aliphatic carbocycles. The molecule has 80 valence electrons. The van der Waals surface area contributed by atoms with Crippen LogP contribution < -0.4 is 5.73 Å². The van der Waals surface area contributed by atoms with Gasteiger partial charge in [0.15, 0.2) is 5.79 Å². The molecule has 3 nitrogen and oxygen atoms in total. The van der Waals surface area contributed by atoms with E-state index in [0.29, 0.717) is 12.8 Å². The molecule has 0 aromatic carbocycles. The van der Waals surface area contributed by atoms with E-state index in [9.17, 15) is 5.11 Å². The molecule has 0 saturated carbocycles. The number of unbranched alkanes of at least 4 members (excludes halogenated alkanes) is 1. The van der Waals surface area contributed by atoms with E-state index >= 15 is 0 Å². The monoisotopic (exact) mass is 189 g/mol. The van der Waals surface area contributed by atoms with Gasteiger partial charge in [-0.3, -0.25) is 0 Å². The largest absolute Gasteiger partial charge is 0.365 e. The zero-order valence-corrected chi connectivity index (χ0v) is 9.05. The maximum atomic E-state index is 10.0. The second-order valence-corrected chi connectivity index (χ2v) is 3.62. The van der Waals surface area contributed by atoms with Crippen LogP contribution >= 0.6 is 0 Å². The van der Waals surface area contributed by atoms with Crippen LogP contribution in [0, 0.1) is 0 Å². The summed E-state index contributed by atoms with van der Waals surface area (Å²) < 4.78 is 5.31. The average Bonchev–Trinajstić information content (AvgIpc) is 2.00. The number of hydrogen-bond acceptors (Lipinski definition) is 3. The maximum Gasteiger partial charge on any atom is 0.167 e. The van der Waals surface area contributed by atoms with Gasteiger partial charge in [-0.25, -0.2) is 0 Å². The number of hydrogen-bond donors (Lipinski definition) is 2. The van der Waals surface area contributed by atoms with Crippen LogP contribution in [0.3, 0.4) is 0 Å². The van der Waals surface area contributed by atoms with E-state index in [1.54, 1.807) is 6.92 Å². The first-order chi connectivity index (χ1) is 6.04. The maximum absolute atomic E-state index is 10.0. The van der Waals surface area contributed by atoms with Crippen molar-refractivity contribution in [1.29, 1.82) is 0 Å². The van der Waals surface area contributed by atoms with Gasteiger partial charge in [0.2, 0.25) is 0 Å². The first-order valence-corrected chi connectivity index (χ1v) is 5.20. The van der Waals surface area contributed by atoms with E-state index < -0.39 is 12.0 Å². The highest BCUT2D eigenvalue weighted by molar-refractivity contribution is 4.67. The summed E-state index contributed by atoms with van der Waals surface area (Å²) >= 11 is 0. The Morgan fingerprint density at radius 3 is 2.31 bits per heavy atom. The second-order valence-electron chi connectivity index (χ2n) is 3.62. The summed E-state index contributed by atoms with van der Waals surface area (Å²) in [6, 6.07) is 0. The van der Waals surface area contributed by atoms with Gasteiger partial charge in [-0.1, -0.05) is 26.7 Å². The summed E-state index contributed by atoms with van der Waals surface area (Å²) in [4.78, 5) is 0. The molecule has 2 atom stereocenters. The minimum absolute atomic E-state index is 0.395. The molecule has 13 heavy (non-hydrogen) atoms. The Kier molecular flexibility index (Phi) is 6.29. The molecule has 3 N–H and O–H groups in total. The van der Waals surface area contributed by atoms with Crippen molar-refractivity contribution in [2.24, 2.45) is 5.73 Å². The van der Waals surface area contributed by atoms with Gasteiger partial charge in [-0.05, 0) is 13.3 Å². The Morgan fingerprint density at radius 2 is 1.92 bits per heavy atom. The molecule has 3 heteroatoms. The molecule has 0 saturated heterocycles. The van der Waals surface area contributed by atoms with Crippen LogP contribution in [0.25, 0.3) is 0 Å². The lowest BCUT2D eigenvalue weighted by Gasteiger charge is -2.29. The highest BCUT2D eigenvalue weighted by Gasteiger charge is 2.27. The summed E-state index contributed by atoms with van der Waals surface area (Å²) in [6.45, 7) is 5.87. The Bertz CT molecular complexity index is 128. The number of rotatable bonds is 7. The average molecular weight is 189 g/mol. The van der Waals surface area contributed by atoms with E-state index in [0.717, 1.165) is 19.3 Å². The third-order valence-corrected chi connectivity index (χ3v) is 1.97. The van der Waals surface area contributed by atoms with E-state index in [-0.39, 0.29) is 0 Å². The first-order valence-electron chi connectivity index (χ1n) is 5.20. The Morgan fingerprint density at radius 1 is 1.31 bits per heavy atom. The van der Waals surface area contributed by atoms with Gasteiger partial charge >= 0.3 is 0 Å². The zero-order chi connectivity index (χ0) is 10.3. The van der Waals surface area contributed by atoms with E-state index in [4.69, 9.17) is 10.5 Å². The SMILES string of the molecule is CCCCC(O)(CCC)OC(C)N. The molecule has 0 spiro atoms. The Balaban J connectivity index is 3.99. The van der Waals surface area contributed by atoms with Crippen LogP contribution in [0.4, 0.5) is 0 Å². The summed E-state index contributed by atoms with van der Waals surface area (Å²) in [5.41, 5.74) is 5.50. The predicted octanol–water partition coefficient (Wildman–Crippen LogP) is 1.99. The van der Waals surface area contributed by atoms with Crippen molar-refractivity contribution in [2.75, 3.05) is 0 Å². The van der Waals surface area contributed by atoms with Crippen molar-refractivity contribution in [3.8, 4) is 0 Å². The first kappa shape index (κ1) is 12.9. The van der Waals surface area contributed by atoms with Gasteiger partial charge in [0.05, 0.1) is 0 Å². The van der Waals surface area contributed by atoms with Crippen molar-refractivity contribution in [3.05, 3.63) is 0 Å². The van der Waals surface area contributed by atoms with Crippen molar-refractivity contribution in [1.82, 2.24) is 0 Å². The fraction of sp³-hybridized carbons (Fsp3) is 1.00. The second kappa shape index (κ2) is 6.35. The molecular weight excluding hydrogens is 166 g/mol. The van der Waals surface area contributed by atoms with Crippen molar-refractivity contribution >= 4 is 0 Å². The van der Waals surface area contributed by atoms with Gasteiger partial charge in [-0.15, -0.1) is 0 Å². The van der Waals surface area contributed by atoms with Crippen LogP contribution in [0.1, 0.15) is 52.9 Å². The highest BCUT2D eigenvalue weighted by Crippen LogP contribution is 2.22. The van der Waals surface area contributed by atoms with E-state index in [1.807, 2.05) is 6.92 Å². The normalized spacial score (nSPS) is 18.2. The highest BCUT2D eigenvalue weighted by atomic mass is 16.6. The van der Waals surface area contributed by atoms with Gasteiger partial charge in [0.25, 0.3) is 0 Å². The van der Waals surface area contributed by atoms with Gasteiger partial charge in [0, 0.05) is 12.8 Å². The van der Waals surface area contributed by atoms with Crippen LogP contribution in [0.15, 0.2) is 0 Å². The smallest absolute Gasteiger partial charge is 0.167 e. The summed E-state index contributed by atoms with van der Waals surface area (Å²) in [5, 5.41) is 10.0. The molecule has 0 heterocycles.